The minimum absolute atomic E-state index is 0.0132. The number of nitrogens with zero attached hydrogens (tertiary/aromatic N) is 3. The maximum atomic E-state index is 13.2. The molecule has 0 bridgehead atoms. The number of halogens is 1. The van der Waals surface area contributed by atoms with Crippen molar-refractivity contribution in [3.05, 3.63) is 70.0 Å². The summed E-state index contributed by atoms with van der Waals surface area (Å²) in [5.74, 6) is -0.356. The fraction of sp³-hybridized carbons (Fsp3) is 0.333. The fourth-order valence-electron chi connectivity index (χ4n) is 4.56. The van der Waals surface area contributed by atoms with E-state index in [4.69, 9.17) is 11.6 Å². The lowest BCUT2D eigenvalue weighted by Gasteiger charge is -2.17. The quantitative estimate of drug-likeness (QED) is 0.583. The summed E-state index contributed by atoms with van der Waals surface area (Å²) in [5.41, 5.74) is 4.83. The normalized spacial score (nSPS) is 16.2. The summed E-state index contributed by atoms with van der Waals surface area (Å²) in [6.45, 7) is 3.00. The Hall–Kier alpha value is -2.68. The number of rotatable bonds is 5. The largest absolute Gasteiger partial charge is 0.321 e. The molecule has 1 amide bonds. The van der Waals surface area contributed by atoms with Gasteiger partial charge in [0.05, 0.1) is 10.7 Å². The lowest BCUT2D eigenvalue weighted by atomic mass is 10.2. The van der Waals surface area contributed by atoms with E-state index in [0.717, 1.165) is 54.6 Å². The summed E-state index contributed by atoms with van der Waals surface area (Å²) >= 11 is 6.24. The molecule has 1 aliphatic heterocycles. The summed E-state index contributed by atoms with van der Waals surface area (Å²) < 4.78 is 29.3. The zero-order chi connectivity index (χ0) is 23.2. The van der Waals surface area contributed by atoms with Gasteiger partial charge in [0, 0.05) is 30.0 Å². The monoisotopic (exact) mass is 484 g/mol. The minimum Gasteiger partial charge on any atom is -0.321 e. The van der Waals surface area contributed by atoms with Gasteiger partial charge < -0.3 is 5.32 Å². The molecule has 0 saturated carbocycles. The van der Waals surface area contributed by atoms with Crippen molar-refractivity contribution in [3.63, 3.8) is 0 Å². The molecule has 3 aromatic rings. The molecular formula is C24H25ClN4O3S. The Labute approximate surface area is 198 Å². The molecule has 33 heavy (non-hydrogen) atoms. The van der Waals surface area contributed by atoms with Crippen molar-refractivity contribution in [1.82, 2.24) is 14.1 Å². The molecule has 2 aromatic carbocycles. The molecule has 0 radical (unpaired) electrons. The van der Waals surface area contributed by atoms with E-state index in [1.807, 2.05) is 35.9 Å². The Morgan fingerprint density at radius 3 is 2.48 bits per heavy atom. The van der Waals surface area contributed by atoms with E-state index in [0.29, 0.717) is 24.5 Å². The summed E-state index contributed by atoms with van der Waals surface area (Å²) in [4.78, 5) is 13.2. The Balaban J connectivity index is 1.45. The number of sulfonamides is 1. The van der Waals surface area contributed by atoms with Crippen molar-refractivity contribution >= 4 is 33.2 Å². The number of fused-ring (bicyclic) bond motifs is 1. The highest BCUT2D eigenvalue weighted by molar-refractivity contribution is 7.89. The van der Waals surface area contributed by atoms with Crippen LogP contribution in [-0.4, -0.2) is 41.5 Å². The molecule has 1 saturated heterocycles. The molecule has 7 nitrogen and oxygen atoms in total. The molecule has 1 N–H and O–H groups in total. The zero-order valence-electron chi connectivity index (χ0n) is 18.3. The van der Waals surface area contributed by atoms with Crippen LogP contribution in [0.25, 0.3) is 5.69 Å². The summed E-state index contributed by atoms with van der Waals surface area (Å²) in [6, 6.07) is 12.6. The Morgan fingerprint density at radius 2 is 1.76 bits per heavy atom. The highest BCUT2D eigenvalue weighted by Crippen LogP contribution is 2.31. The van der Waals surface area contributed by atoms with Crippen molar-refractivity contribution < 1.29 is 13.2 Å². The summed E-state index contributed by atoms with van der Waals surface area (Å²) in [5, 5.41) is 7.61. The molecule has 172 valence electrons. The van der Waals surface area contributed by atoms with Crippen molar-refractivity contribution in [2.45, 2.75) is 43.9 Å². The number of amides is 1. The first-order chi connectivity index (χ1) is 15.8. The molecule has 5 rings (SSSR count). The standard InChI is InChI=1S/C24H25ClN4O3S/c1-16-7-10-18(11-8-16)29-21-6-4-5-19(21)23(27-29)24(30)26-17-9-12-20(25)22(15-17)33(31,32)28-13-2-3-14-28/h7-12,15H,2-6,13-14H2,1H3,(H,26,30). The predicted molar refractivity (Wildman–Crippen MR) is 128 cm³/mol. The first-order valence-corrected chi connectivity index (χ1v) is 13.0. The maximum absolute atomic E-state index is 13.2. The van der Waals surface area contributed by atoms with Crippen molar-refractivity contribution in [2.75, 3.05) is 18.4 Å². The first kappa shape index (κ1) is 22.1. The number of aryl methyl sites for hydroxylation is 1. The topological polar surface area (TPSA) is 84.3 Å². The maximum Gasteiger partial charge on any atom is 0.276 e. The molecule has 0 spiro atoms. The average Bonchev–Trinajstić information content (AvgIpc) is 3.54. The SMILES string of the molecule is Cc1ccc(-n2nc(C(=O)Nc3ccc(Cl)c(S(=O)(=O)N4CCCC4)c3)c3c2CCC3)cc1. The van der Waals surface area contributed by atoms with Crippen LogP contribution in [-0.2, 0) is 22.9 Å². The number of carbonyl (C=O) groups excluding carboxylic acids is 1. The highest BCUT2D eigenvalue weighted by atomic mass is 35.5. The van der Waals surface area contributed by atoms with Gasteiger partial charge in [-0.2, -0.15) is 9.40 Å². The van der Waals surface area contributed by atoms with Gasteiger partial charge in [-0.1, -0.05) is 29.3 Å². The van der Waals surface area contributed by atoms with E-state index in [-0.39, 0.29) is 15.8 Å². The van der Waals surface area contributed by atoms with Gasteiger partial charge in [-0.15, -0.1) is 0 Å². The second kappa shape index (κ2) is 8.59. The van der Waals surface area contributed by atoms with Crippen LogP contribution in [0.15, 0.2) is 47.4 Å². The van der Waals surface area contributed by atoms with Gasteiger partial charge in [-0.05, 0) is 69.4 Å². The van der Waals surface area contributed by atoms with E-state index < -0.39 is 10.0 Å². The number of hydrogen-bond acceptors (Lipinski definition) is 4. The molecule has 1 aromatic heterocycles. The Morgan fingerprint density at radius 1 is 1.03 bits per heavy atom. The molecule has 0 unspecified atom stereocenters. The number of nitrogens with one attached hydrogen (secondary N) is 1. The van der Waals surface area contributed by atoms with Crippen LogP contribution in [0.5, 0.6) is 0 Å². The highest BCUT2D eigenvalue weighted by Gasteiger charge is 2.30. The van der Waals surface area contributed by atoms with Crippen LogP contribution in [0.1, 0.15) is 46.6 Å². The Kier molecular flexibility index (Phi) is 5.76. The first-order valence-electron chi connectivity index (χ1n) is 11.1. The smallest absolute Gasteiger partial charge is 0.276 e. The van der Waals surface area contributed by atoms with E-state index in [2.05, 4.69) is 10.4 Å². The van der Waals surface area contributed by atoms with Gasteiger partial charge >= 0.3 is 0 Å². The van der Waals surface area contributed by atoms with Crippen LogP contribution in [0.3, 0.4) is 0 Å². The van der Waals surface area contributed by atoms with Gasteiger partial charge in [0.15, 0.2) is 5.69 Å². The number of hydrogen-bond donors (Lipinski definition) is 1. The molecule has 2 heterocycles. The lowest BCUT2D eigenvalue weighted by molar-refractivity contribution is 0.102. The van der Waals surface area contributed by atoms with E-state index in [1.54, 1.807) is 6.07 Å². The number of anilines is 1. The fourth-order valence-corrected chi connectivity index (χ4v) is 6.57. The van der Waals surface area contributed by atoms with Gasteiger partial charge in [0.25, 0.3) is 5.91 Å². The number of benzene rings is 2. The van der Waals surface area contributed by atoms with E-state index in [9.17, 15) is 13.2 Å². The number of carbonyl (C=O) groups is 1. The molecule has 1 fully saturated rings. The average molecular weight is 485 g/mol. The third-order valence-corrected chi connectivity index (χ3v) is 8.68. The Bertz CT molecular complexity index is 1330. The molecule has 0 atom stereocenters. The van der Waals surface area contributed by atoms with Gasteiger partial charge in [0.1, 0.15) is 4.90 Å². The lowest BCUT2D eigenvalue weighted by Crippen LogP contribution is -2.28. The molecular weight excluding hydrogens is 460 g/mol. The third-order valence-electron chi connectivity index (χ3n) is 6.30. The minimum atomic E-state index is -3.71. The third kappa shape index (κ3) is 4.07. The summed E-state index contributed by atoms with van der Waals surface area (Å²) in [7, 11) is -3.71. The van der Waals surface area contributed by atoms with E-state index in [1.165, 1.54) is 16.4 Å². The molecule has 2 aliphatic rings. The molecule has 9 heteroatoms. The van der Waals surface area contributed by atoms with Crippen LogP contribution in [0.4, 0.5) is 5.69 Å². The van der Waals surface area contributed by atoms with Crippen molar-refractivity contribution in [2.24, 2.45) is 0 Å². The predicted octanol–water partition coefficient (Wildman–Crippen LogP) is 4.36. The molecule has 1 aliphatic carbocycles. The second-order valence-electron chi connectivity index (χ2n) is 8.59. The van der Waals surface area contributed by atoms with Gasteiger partial charge in [-0.25, -0.2) is 13.1 Å². The van der Waals surface area contributed by atoms with Crippen molar-refractivity contribution in [3.8, 4) is 5.69 Å². The van der Waals surface area contributed by atoms with Crippen LogP contribution in [0.2, 0.25) is 5.02 Å². The van der Waals surface area contributed by atoms with Gasteiger partial charge in [-0.3, -0.25) is 4.79 Å². The van der Waals surface area contributed by atoms with Crippen LogP contribution in [0, 0.1) is 6.92 Å². The van der Waals surface area contributed by atoms with E-state index >= 15 is 0 Å². The van der Waals surface area contributed by atoms with Crippen LogP contribution < -0.4 is 5.32 Å². The van der Waals surface area contributed by atoms with Gasteiger partial charge in [0.2, 0.25) is 10.0 Å². The second-order valence-corrected chi connectivity index (χ2v) is 10.9. The number of aromatic nitrogens is 2. The summed E-state index contributed by atoms with van der Waals surface area (Å²) in [6.07, 6.45) is 4.30. The van der Waals surface area contributed by atoms with Crippen molar-refractivity contribution in [1.29, 1.82) is 0 Å². The van der Waals surface area contributed by atoms with Crippen LogP contribution >= 0.6 is 11.6 Å². The zero-order valence-corrected chi connectivity index (χ0v) is 19.9.